The monoisotopic (exact) mass is 260 g/mol. The average molecular weight is 260 g/mol. The molecule has 0 saturated heterocycles. The van der Waals surface area contributed by atoms with E-state index in [1.807, 2.05) is 0 Å². The number of rotatable bonds is 3. The van der Waals surface area contributed by atoms with Crippen molar-refractivity contribution in [2.45, 2.75) is 6.92 Å². The Labute approximate surface area is 109 Å². The Kier molecular flexibility index (Phi) is 3.66. The van der Waals surface area contributed by atoms with Gasteiger partial charge in [-0.3, -0.25) is 0 Å². The number of carbonyl (C=O) groups excluding carboxylic acids is 1. The zero-order chi connectivity index (χ0) is 13.8. The molecule has 0 unspecified atom stereocenters. The number of hydrogen-bond donors (Lipinski definition) is 1. The van der Waals surface area contributed by atoms with Gasteiger partial charge in [-0.15, -0.1) is 0 Å². The number of carbonyl (C=O) groups is 2. The van der Waals surface area contributed by atoms with Crippen LogP contribution in [-0.4, -0.2) is 23.8 Å². The van der Waals surface area contributed by atoms with Gasteiger partial charge in [-0.05, 0) is 24.4 Å². The molecule has 0 saturated carbocycles. The van der Waals surface area contributed by atoms with E-state index in [4.69, 9.17) is 9.84 Å². The Morgan fingerprint density at radius 2 is 1.95 bits per heavy atom. The minimum absolute atomic E-state index is 0.0537. The van der Waals surface area contributed by atoms with Crippen LogP contribution < -0.4 is 4.74 Å². The molecule has 0 atom stereocenters. The van der Waals surface area contributed by atoms with Gasteiger partial charge in [0.1, 0.15) is 5.75 Å². The Morgan fingerprint density at radius 3 is 2.63 bits per heavy atom. The predicted molar refractivity (Wildman–Crippen MR) is 68.6 cm³/mol. The van der Waals surface area contributed by atoms with Gasteiger partial charge >= 0.3 is 12.1 Å². The third-order valence-corrected chi connectivity index (χ3v) is 2.53. The standard InChI is InChI=1S/C14H12O5/c1-2-18-14(17)19-12-8-10(13(15)16)7-9-5-3-4-6-11(9)12/h3-8H,2H2,1H3,(H,15,16). The van der Waals surface area contributed by atoms with E-state index in [2.05, 4.69) is 4.74 Å². The highest BCUT2D eigenvalue weighted by Gasteiger charge is 2.13. The average Bonchev–Trinajstić information content (AvgIpc) is 2.38. The van der Waals surface area contributed by atoms with Crippen LogP contribution in [0, 0.1) is 0 Å². The maximum absolute atomic E-state index is 11.3. The van der Waals surface area contributed by atoms with Crippen LogP contribution in [0.15, 0.2) is 36.4 Å². The summed E-state index contributed by atoms with van der Waals surface area (Å²) in [5.74, 6) is -0.909. The van der Waals surface area contributed by atoms with E-state index in [9.17, 15) is 9.59 Å². The van der Waals surface area contributed by atoms with E-state index in [1.54, 1.807) is 31.2 Å². The van der Waals surface area contributed by atoms with Crippen molar-refractivity contribution in [2.24, 2.45) is 0 Å². The minimum Gasteiger partial charge on any atom is -0.478 e. The van der Waals surface area contributed by atoms with Gasteiger partial charge in [0.05, 0.1) is 12.2 Å². The number of benzene rings is 2. The maximum atomic E-state index is 11.3. The molecule has 5 nitrogen and oxygen atoms in total. The summed E-state index contributed by atoms with van der Waals surface area (Å²) in [6.45, 7) is 1.85. The predicted octanol–water partition coefficient (Wildman–Crippen LogP) is 3.07. The fourth-order valence-corrected chi connectivity index (χ4v) is 1.72. The van der Waals surface area contributed by atoms with Gasteiger partial charge in [0.2, 0.25) is 0 Å². The molecule has 0 aliphatic carbocycles. The van der Waals surface area contributed by atoms with Crippen LogP contribution in [0.25, 0.3) is 10.8 Å². The van der Waals surface area contributed by atoms with Crippen molar-refractivity contribution in [1.82, 2.24) is 0 Å². The highest BCUT2D eigenvalue weighted by Crippen LogP contribution is 2.28. The lowest BCUT2D eigenvalue weighted by Crippen LogP contribution is -2.11. The van der Waals surface area contributed by atoms with Crippen LogP contribution in [0.4, 0.5) is 4.79 Å². The molecule has 19 heavy (non-hydrogen) atoms. The van der Waals surface area contributed by atoms with E-state index in [-0.39, 0.29) is 17.9 Å². The fraction of sp³-hybridized carbons (Fsp3) is 0.143. The number of fused-ring (bicyclic) bond motifs is 1. The van der Waals surface area contributed by atoms with E-state index in [0.717, 1.165) is 0 Å². The first kappa shape index (κ1) is 12.9. The van der Waals surface area contributed by atoms with Gasteiger partial charge in [-0.25, -0.2) is 9.59 Å². The highest BCUT2D eigenvalue weighted by atomic mass is 16.7. The van der Waals surface area contributed by atoms with Crippen LogP contribution in [0.3, 0.4) is 0 Å². The fourth-order valence-electron chi connectivity index (χ4n) is 1.72. The van der Waals surface area contributed by atoms with E-state index in [1.165, 1.54) is 12.1 Å². The summed E-state index contributed by atoms with van der Waals surface area (Å²) < 4.78 is 9.72. The largest absolute Gasteiger partial charge is 0.513 e. The Balaban J connectivity index is 2.50. The molecule has 0 amide bonds. The van der Waals surface area contributed by atoms with Crippen molar-refractivity contribution in [3.63, 3.8) is 0 Å². The first-order chi connectivity index (χ1) is 9.11. The zero-order valence-corrected chi connectivity index (χ0v) is 10.3. The SMILES string of the molecule is CCOC(=O)Oc1cc(C(=O)O)cc2ccccc12. The number of carboxylic acid groups (broad SMARTS) is 1. The van der Waals surface area contributed by atoms with Gasteiger partial charge in [-0.2, -0.15) is 0 Å². The summed E-state index contributed by atoms with van der Waals surface area (Å²) in [6, 6.07) is 9.88. The minimum atomic E-state index is -1.08. The van der Waals surface area contributed by atoms with Gasteiger partial charge in [0.15, 0.2) is 0 Å². The smallest absolute Gasteiger partial charge is 0.478 e. The molecule has 0 aromatic heterocycles. The van der Waals surface area contributed by atoms with Crippen molar-refractivity contribution in [3.8, 4) is 5.75 Å². The molecule has 0 aliphatic heterocycles. The van der Waals surface area contributed by atoms with Crippen LogP contribution >= 0.6 is 0 Å². The second kappa shape index (κ2) is 5.39. The molecule has 0 aliphatic rings. The second-order valence-electron chi connectivity index (χ2n) is 3.79. The van der Waals surface area contributed by atoms with Crippen molar-refractivity contribution in [1.29, 1.82) is 0 Å². The molecule has 98 valence electrons. The third-order valence-electron chi connectivity index (χ3n) is 2.53. The molecule has 2 aromatic rings. The van der Waals surface area contributed by atoms with Crippen LogP contribution in [0.1, 0.15) is 17.3 Å². The summed E-state index contributed by atoms with van der Waals surface area (Å²) in [6.07, 6.45) is -0.852. The molecule has 5 heteroatoms. The summed E-state index contributed by atoms with van der Waals surface area (Å²) in [7, 11) is 0. The molecular formula is C14H12O5. The lowest BCUT2D eigenvalue weighted by atomic mass is 10.1. The van der Waals surface area contributed by atoms with Crippen molar-refractivity contribution in [2.75, 3.05) is 6.61 Å². The van der Waals surface area contributed by atoms with Gasteiger partial charge in [0, 0.05) is 5.39 Å². The Bertz CT molecular complexity index is 633. The van der Waals surface area contributed by atoms with E-state index < -0.39 is 12.1 Å². The quantitative estimate of drug-likeness (QED) is 0.678. The molecule has 0 fully saturated rings. The molecule has 2 aromatic carbocycles. The van der Waals surface area contributed by atoms with Crippen LogP contribution in [0.2, 0.25) is 0 Å². The number of ether oxygens (including phenoxy) is 2. The summed E-state index contributed by atoms with van der Waals surface area (Å²) in [4.78, 5) is 22.4. The first-order valence-corrected chi connectivity index (χ1v) is 5.72. The number of carboxylic acids is 1. The lowest BCUT2D eigenvalue weighted by Gasteiger charge is -2.08. The summed E-state index contributed by atoms with van der Waals surface area (Å²) in [5, 5.41) is 10.4. The van der Waals surface area contributed by atoms with Crippen LogP contribution in [0.5, 0.6) is 5.75 Å². The molecule has 1 N–H and O–H groups in total. The van der Waals surface area contributed by atoms with Crippen LogP contribution in [-0.2, 0) is 4.74 Å². The van der Waals surface area contributed by atoms with Gasteiger partial charge in [-0.1, -0.05) is 24.3 Å². The summed E-state index contributed by atoms with van der Waals surface area (Å²) in [5.41, 5.74) is 0.0537. The normalized spacial score (nSPS) is 10.2. The molecular weight excluding hydrogens is 248 g/mol. The lowest BCUT2D eigenvalue weighted by molar-refractivity contribution is 0.0695. The molecule has 0 radical (unpaired) electrons. The van der Waals surface area contributed by atoms with E-state index in [0.29, 0.717) is 10.8 Å². The molecule has 2 rings (SSSR count). The Morgan fingerprint density at radius 1 is 1.21 bits per heavy atom. The molecule has 0 heterocycles. The zero-order valence-electron chi connectivity index (χ0n) is 10.3. The Hall–Kier alpha value is -2.56. The van der Waals surface area contributed by atoms with Gasteiger partial charge in [0.25, 0.3) is 0 Å². The summed E-state index contributed by atoms with van der Waals surface area (Å²) >= 11 is 0. The number of hydrogen-bond acceptors (Lipinski definition) is 4. The second-order valence-corrected chi connectivity index (χ2v) is 3.79. The maximum Gasteiger partial charge on any atom is 0.513 e. The first-order valence-electron chi connectivity index (χ1n) is 5.72. The van der Waals surface area contributed by atoms with Crippen molar-refractivity contribution >= 4 is 22.9 Å². The van der Waals surface area contributed by atoms with E-state index >= 15 is 0 Å². The highest BCUT2D eigenvalue weighted by molar-refractivity contribution is 5.98. The third kappa shape index (κ3) is 2.82. The van der Waals surface area contributed by atoms with Gasteiger partial charge < -0.3 is 14.6 Å². The molecule has 0 bridgehead atoms. The van der Waals surface area contributed by atoms with Crippen molar-refractivity contribution < 1.29 is 24.2 Å². The molecule has 0 spiro atoms. The topological polar surface area (TPSA) is 72.8 Å². The van der Waals surface area contributed by atoms with Crippen molar-refractivity contribution in [3.05, 3.63) is 42.0 Å². The number of aromatic carboxylic acids is 1.